The summed E-state index contributed by atoms with van der Waals surface area (Å²) < 4.78 is 0. The molecular weight excluding hydrogens is 986 g/mol. The molecule has 0 aliphatic rings. The zero-order valence-corrected chi connectivity index (χ0v) is 40.0. The summed E-state index contributed by atoms with van der Waals surface area (Å²) in [6.07, 6.45) is 14.6. The van der Waals surface area contributed by atoms with Crippen LogP contribution in [0.15, 0.2) is 231 Å². The maximum absolute atomic E-state index is 7.28. The van der Waals surface area contributed by atoms with Gasteiger partial charge in [0.15, 0.2) is 4.90 Å². The molecule has 0 radical (unpaired) electrons. The molecule has 0 heterocycles. The van der Waals surface area contributed by atoms with Crippen molar-refractivity contribution in [3.8, 4) is 11.8 Å². The van der Waals surface area contributed by atoms with Crippen molar-refractivity contribution in [1.29, 1.82) is 0 Å². The van der Waals surface area contributed by atoms with Crippen LogP contribution in [0.1, 0.15) is 25.0 Å². The molecule has 0 aliphatic carbocycles. The Morgan fingerprint density at radius 1 is 0.302 bits per heavy atom. The molecule has 0 aliphatic heterocycles. The molecule has 0 unspecified atom stereocenters. The van der Waals surface area contributed by atoms with Crippen LogP contribution >= 0.6 is 15.8 Å². The smallest absolute Gasteiger partial charge is 0.366 e. The molecule has 0 fully saturated rings. The normalized spacial score (nSPS) is 10.7. The largest absolute Gasteiger partial charge is 1.00 e. The molecule has 0 aromatic heterocycles. The summed E-state index contributed by atoms with van der Waals surface area (Å²) in [6, 6.07) is 81.6. The second-order valence-corrected chi connectivity index (χ2v) is 22.3. The molecule has 10 rings (SSSR count). The van der Waals surface area contributed by atoms with E-state index in [0.29, 0.717) is 0 Å². The monoisotopic (exact) mass is 1030 g/mol. The maximum atomic E-state index is 7.28. The van der Waals surface area contributed by atoms with Crippen LogP contribution in [0.4, 0.5) is 0 Å². The predicted octanol–water partition coefficient (Wildman–Crippen LogP) is 13.3. The van der Waals surface area contributed by atoms with Gasteiger partial charge in [0.2, 0.25) is 0 Å². The Labute approximate surface area is 406 Å². The molecule has 10 aromatic carbocycles. The fraction of sp³-hybridized carbons (Fsp3) is 0.0508. The SMILES string of the molecule is CC(C)([PH+](c1ccccc1)c1ccccc1)[PH+](c1ccccc1)c1ccccc1.[Ag+].[Ag+].[C-]#Cc1cccc2c1ccc1ccccc12.[C-]#Cc1cccc2c1ccc1ccccc12. The second-order valence-electron chi connectivity index (χ2n) is 15.5. The van der Waals surface area contributed by atoms with Crippen molar-refractivity contribution in [3.05, 3.63) is 254 Å². The van der Waals surface area contributed by atoms with Crippen LogP contribution in [-0.4, -0.2) is 4.90 Å². The van der Waals surface area contributed by atoms with Crippen LogP contribution in [0.2, 0.25) is 0 Å². The fourth-order valence-corrected chi connectivity index (χ4v) is 17.0. The van der Waals surface area contributed by atoms with E-state index >= 15 is 0 Å². The Morgan fingerprint density at radius 2 is 0.587 bits per heavy atom. The van der Waals surface area contributed by atoms with Gasteiger partial charge in [0, 0.05) is 13.8 Å². The van der Waals surface area contributed by atoms with E-state index in [9.17, 15) is 0 Å². The Balaban J connectivity index is 0.000000166. The van der Waals surface area contributed by atoms with Crippen molar-refractivity contribution < 1.29 is 44.8 Å². The number of rotatable bonds is 6. The van der Waals surface area contributed by atoms with Gasteiger partial charge in [-0.05, 0) is 80.8 Å². The van der Waals surface area contributed by atoms with E-state index in [1.54, 1.807) is 0 Å². The van der Waals surface area contributed by atoms with Gasteiger partial charge < -0.3 is 12.8 Å². The third-order valence-electron chi connectivity index (χ3n) is 11.3. The van der Waals surface area contributed by atoms with Crippen molar-refractivity contribution in [2.75, 3.05) is 0 Å². The molecule has 0 saturated carbocycles. The van der Waals surface area contributed by atoms with Gasteiger partial charge in [0.25, 0.3) is 0 Å². The van der Waals surface area contributed by atoms with Gasteiger partial charge in [-0.2, -0.15) is 0 Å². The van der Waals surface area contributed by atoms with Gasteiger partial charge >= 0.3 is 44.8 Å². The molecule has 0 atom stereocenters. The Hall–Kier alpha value is -5.30. The summed E-state index contributed by atoms with van der Waals surface area (Å²) in [5.74, 6) is 4.97. The topological polar surface area (TPSA) is 0 Å². The second kappa shape index (κ2) is 22.4. The summed E-state index contributed by atoms with van der Waals surface area (Å²) in [5.41, 5.74) is 1.70. The van der Waals surface area contributed by atoms with Gasteiger partial charge in [0.05, 0.1) is 0 Å². The molecule has 63 heavy (non-hydrogen) atoms. The standard InChI is InChI=1S/C27H26P2.2C16H9.2Ag/c1-27(2,28(23-15-7-3-8-16-23)24-17-9-4-10-18-24)29(25-19-11-5-12-20-25)26-21-13-6-14-22-26;2*1-2-12-7-5-9-16-14-8-4-3-6-13(14)10-11-15(12)16;;/h3-22H,1-2H3;2*3-11H;;/q;2*-1;2*+1/p+2. The van der Waals surface area contributed by atoms with E-state index < -0.39 is 15.8 Å². The minimum Gasteiger partial charge on any atom is -0.366 e. The van der Waals surface area contributed by atoms with E-state index in [2.05, 4.69) is 208 Å². The molecule has 0 amide bonds. The zero-order chi connectivity index (χ0) is 42.0. The van der Waals surface area contributed by atoms with Crippen molar-refractivity contribution in [3.63, 3.8) is 0 Å². The first-order valence-electron chi connectivity index (χ1n) is 20.6. The third-order valence-corrected chi connectivity index (χ3v) is 19.0. The first kappa shape index (κ1) is 47.2. The average Bonchev–Trinajstić information content (AvgIpc) is 3.32. The van der Waals surface area contributed by atoms with Gasteiger partial charge in [-0.3, -0.25) is 11.8 Å². The number of hydrogen-bond acceptors (Lipinski definition) is 0. The first-order valence-corrected chi connectivity index (χ1v) is 23.6. The molecule has 0 bridgehead atoms. The van der Waals surface area contributed by atoms with Crippen LogP contribution < -0.4 is 21.2 Å². The molecule has 0 N–H and O–H groups in total. The summed E-state index contributed by atoms with van der Waals surface area (Å²) in [5, 5.41) is 15.5. The number of benzene rings is 10. The summed E-state index contributed by atoms with van der Waals surface area (Å²) in [6.45, 7) is 5.02. The molecule has 4 heteroatoms. The Morgan fingerprint density at radius 3 is 0.905 bits per heavy atom. The van der Waals surface area contributed by atoms with Crippen LogP contribution in [0.25, 0.3) is 43.1 Å². The quantitative estimate of drug-likeness (QED) is 0.0512. The van der Waals surface area contributed by atoms with Crippen molar-refractivity contribution in [2.45, 2.75) is 18.7 Å². The minimum atomic E-state index is -1.02. The van der Waals surface area contributed by atoms with Crippen LogP contribution in [0, 0.1) is 24.7 Å². The van der Waals surface area contributed by atoms with E-state index in [-0.39, 0.29) is 49.7 Å². The first-order chi connectivity index (χ1) is 30.0. The maximum Gasteiger partial charge on any atom is 1.00 e. The van der Waals surface area contributed by atoms with Gasteiger partial charge in [-0.15, -0.1) is 23.3 Å². The van der Waals surface area contributed by atoms with Gasteiger partial charge in [-0.1, -0.05) is 181 Å². The van der Waals surface area contributed by atoms with Crippen LogP contribution in [0.5, 0.6) is 0 Å². The average molecular weight is 1030 g/mol. The number of fused-ring (bicyclic) bond motifs is 6. The van der Waals surface area contributed by atoms with Crippen LogP contribution in [0.3, 0.4) is 0 Å². The van der Waals surface area contributed by atoms with Crippen molar-refractivity contribution in [1.82, 2.24) is 0 Å². The minimum absolute atomic E-state index is 0. The molecular formula is C59H46Ag2P2+2. The summed E-state index contributed by atoms with van der Waals surface area (Å²) >= 11 is 0. The van der Waals surface area contributed by atoms with E-state index in [0.717, 1.165) is 21.9 Å². The Bertz CT molecular complexity index is 2840. The molecule has 0 spiro atoms. The fourth-order valence-electron chi connectivity index (χ4n) is 8.62. The van der Waals surface area contributed by atoms with Gasteiger partial charge in [-0.25, -0.2) is 0 Å². The molecule has 10 aromatic rings. The predicted molar refractivity (Wildman–Crippen MR) is 270 cm³/mol. The third kappa shape index (κ3) is 10.6. The zero-order valence-electron chi connectivity index (χ0n) is 35.0. The van der Waals surface area contributed by atoms with Crippen LogP contribution in [-0.2, 0) is 44.8 Å². The summed E-state index contributed by atoms with van der Waals surface area (Å²) in [7, 11) is -2.05. The van der Waals surface area contributed by atoms with E-state index in [1.807, 2.05) is 48.5 Å². The van der Waals surface area contributed by atoms with Gasteiger partial charge in [0.1, 0.15) is 37.1 Å². The van der Waals surface area contributed by atoms with E-state index in [1.165, 1.54) is 53.5 Å². The van der Waals surface area contributed by atoms with Crippen molar-refractivity contribution in [2.24, 2.45) is 0 Å². The molecule has 0 nitrogen and oxygen atoms in total. The molecule has 0 saturated heterocycles. The Kier molecular flexibility index (Phi) is 16.7. The van der Waals surface area contributed by atoms with Crippen molar-refractivity contribution >= 4 is 80.2 Å². The van der Waals surface area contributed by atoms with E-state index in [4.69, 9.17) is 12.8 Å². The molecule has 312 valence electrons. The summed E-state index contributed by atoms with van der Waals surface area (Å²) in [4.78, 5) is 0.154. The number of hydrogen-bond donors (Lipinski definition) is 0.